The van der Waals surface area contributed by atoms with Crippen molar-refractivity contribution in [2.45, 2.75) is 18.7 Å². The van der Waals surface area contributed by atoms with E-state index in [2.05, 4.69) is 10.5 Å². The first-order valence-electron chi connectivity index (χ1n) is 12.1. The molecule has 0 bridgehead atoms. The van der Waals surface area contributed by atoms with Gasteiger partial charge >= 0.3 is 5.97 Å². The van der Waals surface area contributed by atoms with Crippen LogP contribution in [0.4, 0.5) is 5.69 Å². The fourth-order valence-electron chi connectivity index (χ4n) is 3.98. The van der Waals surface area contributed by atoms with Crippen molar-refractivity contribution in [2.75, 3.05) is 10.8 Å². The molecule has 0 atom stereocenters. The molecule has 0 saturated heterocycles. The van der Waals surface area contributed by atoms with Crippen LogP contribution in [-0.4, -0.2) is 42.4 Å². The van der Waals surface area contributed by atoms with Gasteiger partial charge < -0.3 is 4.74 Å². The lowest BCUT2D eigenvalue weighted by molar-refractivity contribution is -0.131. The van der Waals surface area contributed by atoms with Crippen LogP contribution in [0, 0.1) is 6.92 Å². The van der Waals surface area contributed by atoms with Gasteiger partial charge in [0, 0.05) is 14.0 Å². The van der Waals surface area contributed by atoms with Crippen LogP contribution in [0.5, 0.6) is 5.75 Å². The van der Waals surface area contributed by atoms with Crippen LogP contribution in [0.3, 0.4) is 0 Å². The minimum atomic E-state index is -4.32. The Hall–Kier alpha value is -4.97. The minimum Gasteiger partial charge on any atom is -0.427 e. The number of hydrogen-bond acceptors (Lipinski definition) is 7. The maximum absolute atomic E-state index is 13.7. The normalized spacial score (nSPS) is 11.4. The molecule has 3 aromatic carbocycles. The molecule has 0 spiro atoms. The van der Waals surface area contributed by atoms with Crippen molar-refractivity contribution in [2.24, 2.45) is 12.1 Å². The summed E-state index contributed by atoms with van der Waals surface area (Å²) < 4.78 is 36.2. The molecule has 0 aliphatic heterocycles. The van der Waals surface area contributed by atoms with Crippen LogP contribution in [-0.2, 0) is 26.7 Å². The van der Waals surface area contributed by atoms with Gasteiger partial charge in [0.25, 0.3) is 21.5 Å². The number of carbonyl (C=O) groups is 2. The molecule has 1 N–H and O–H groups in total. The largest absolute Gasteiger partial charge is 0.427 e. The van der Waals surface area contributed by atoms with Gasteiger partial charge in [0.1, 0.15) is 18.0 Å². The monoisotopic (exact) mass is 561 g/mol. The van der Waals surface area contributed by atoms with E-state index >= 15 is 0 Å². The number of amides is 1. The predicted molar refractivity (Wildman–Crippen MR) is 150 cm³/mol. The topological polar surface area (TPSA) is 132 Å². The van der Waals surface area contributed by atoms with Crippen molar-refractivity contribution in [3.8, 4) is 11.4 Å². The highest BCUT2D eigenvalue weighted by Crippen LogP contribution is 2.25. The van der Waals surface area contributed by atoms with Crippen LogP contribution in [0.25, 0.3) is 5.69 Å². The van der Waals surface area contributed by atoms with E-state index in [1.54, 1.807) is 86.8 Å². The van der Waals surface area contributed by atoms with Crippen LogP contribution in [0.15, 0.2) is 99.7 Å². The van der Waals surface area contributed by atoms with E-state index < -0.39 is 34.0 Å². The van der Waals surface area contributed by atoms with Crippen LogP contribution in [0.1, 0.15) is 18.2 Å². The van der Waals surface area contributed by atoms with Crippen molar-refractivity contribution in [1.29, 1.82) is 0 Å². The van der Waals surface area contributed by atoms with Gasteiger partial charge in [-0.2, -0.15) is 5.10 Å². The van der Waals surface area contributed by atoms with Crippen LogP contribution >= 0.6 is 0 Å². The molecule has 4 aromatic rings. The molecule has 0 saturated carbocycles. The number of para-hydroxylation sites is 1. The molecule has 40 heavy (non-hydrogen) atoms. The van der Waals surface area contributed by atoms with Crippen LogP contribution < -0.4 is 20.0 Å². The van der Waals surface area contributed by atoms with Gasteiger partial charge in [-0.3, -0.25) is 19.1 Å². The molecule has 1 heterocycles. The summed E-state index contributed by atoms with van der Waals surface area (Å²) in [5.74, 6) is -0.857. The van der Waals surface area contributed by atoms with Gasteiger partial charge in [0.2, 0.25) is 0 Å². The van der Waals surface area contributed by atoms with Crippen molar-refractivity contribution in [3.05, 3.63) is 107 Å². The number of benzene rings is 3. The van der Waals surface area contributed by atoms with E-state index in [-0.39, 0.29) is 10.6 Å². The summed E-state index contributed by atoms with van der Waals surface area (Å²) in [6.07, 6.45) is 1.35. The molecule has 0 aliphatic carbocycles. The summed E-state index contributed by atoms with van der Waals surface area (Å²) in [4.78, 5) is 37.6. The average Bonchev–Trinajstić information content (AvgIpc) is 3.16. The fraction of sp³-hybridized carbons (Fsp3) is 0.143. The number of nitrogens with zero attached hydrogens (tertiary/aromatic N) is 4. The number of hydrogen-bond donors (Lipinski definition) is 1. The van der Waals surface area contributed by atoms with Crippen molar-refractivity contribution in [1.82, 2.24) is 14.8 Å². The van der Waals surface area contributed by atoms with E-state index in [0.29, 0.717) is 22.7 Å². The lowest BCUT2D eigenvalue weighted by atomic mass is 10.2. The maximum atomic E-state index is 13.7. The highest BCUT2D eigenvalue weighted by molar-refractivity contribution is 7.92. The average molecular weight is 562 g/mol. The second-order valence-electron chi connectivity index (χ2n) is 8.69. The first kappa shape index (κ1) is 28.0. The quantitative estimate of drug-likeness (QED) is 0.145. The van der Waals surface area contributed by atoms with Crippen molar-refractivity contribution >= 4 is 33.8 Å². The highest BCUT2D eigenvalue weighted by Gasteiger charge is 2.33. The smallest absolute Gasteiger partial charge is 0.308 e. The van der Waals surface area contributed by atoms with Gasteiger partial charge in [0.05, 0.1) is 22.5 Å². The van der Waals surface area contributed by atoms with Gasteiger partial charge in [-0.05, 0) is 61.0 Å². The molecule has 206 valence electrons. The Balaban J connectivity index is 1.66. The number of anilines is 1. The van der Waals surface area contributed by atoms with Crippen molar-refractivity contribution in [3.63, 3.8) is 0 Å². The van der Waals surface area contributed by atoms with E-state index in [9.17, 15) is 22.8 Å². The fourth-order valence-corrected chi connectivity index (χ4v) is 5.47. The van der Waals surface area contributed by atoms with Gasteiger partial charge in [0.15, 0.2) is 0 Å². The zero-order valence-corrected chi connectivity index (χ0v) is 22.8. The Morgan fingerprint density at radius 3 is 2.17 bits per heavy atom. The van der Waals surface area contributed by atoms with Crippen molar-refractivity contribution < 1.29 is 22.7 Å². The summed E-state index contributed by atoms with van der Waals surface area (Å²) >= 11 is 0. The Morgan fingerprint density at radius 1 is 0.975 bits per heavy atom. The van der Waals surface area contributed by atoms with Gasteiger partial charge in [-0.15, -0.1) is 0 Å². The number of sulfonamides is 1. The van der Waals surface area contributed by atoms with Crippen LogP contribution in [0.2, 0.25) is 0 Å². The zero-order valence-electron chi connectivity index (χ0n) is 22.0. The molecule has 12 heteroatoms. The number of carbonyl (C=O) groups excluding carboxylic acids is 2. The molecule has 1 amide bonds. The third-order valence-corrected chi connectivity index (χ3v) is 7.70. The van der Waals surface area contributed by atoms with E-state index in [1.807, 2.05) is 0 Å². The molecular weight excluding hydrogens is 534 g/mol. The summed E-state index contributed by atoms with van der Waals surface area (Å²) in [5, 5.41) is 3.91. The standard InChI is InChI=1S/C28H27N5O6S/c1-20-27(28(36)33(31(20)3)23-10-6-4-7-11-23)32(40(37,38)25-12-8-5-9-13-25)19-26(35)30-29-18-22-14-16-24(17-15-22)39-21(2)34/h4-18H,19H2,1-3H3,(H,30,35)/b29-18-. The zero-order chi connectivity index (χ0) is 28.9. The molecule has 0 fully saturated rings. The summed E-state index contributed by atoms with van der Waals surface area (Å²) in [6.45, 7) is 2.20. The number of nitrogens with one attached hydrogen (secondary N) is 1. The SMILES string of the molecule is CC(=O)Oc1ccc(/C=N\NC(=O)CN(c2c(C)n(C)n(-c3ccccc3)c2=O)S(=O)(=O)c2ccccc2)cc1. The molecule has 0 aliphatic rings. The third kappa shape index (κ3) is 6.02. The number of aromatic nitrogens is 2. The first-order chi connectivity index (χ1) is 19.1. The number of esters is 1. The summed E-state index contributed by atoms with van der Waals surface area (Å²) in [6, 6.07) is 22.7. The molecule has 4 rings (SSSR count). The Labute approximate surface area is 231 Å². The van der Waals surface area contributed by atoms with E-state index in [4.69, 9.17) is 4.74 Å². The number of hydrazone groups is 1. The Bertz CT molecular complexity index is 1710. The van der Waals surface area contributed by atoms with Gasteiger partial charge in [-0.25, -0.2) is 22.8 Å². The maximum Gasteiger partial charge on any atom is 0.308 e. The summed E-state index contributed by atoms with van der Waals surface area (Å²) in [5.41, 5.74) is 3.03. The Kier molecular flexibility index (Phi) is 8.29. The lowest BCUT2D eigenvalue weighted by Crippen LogP contribution is -2.42. The number of ether oxygens (including phenoxy) is 1. The highest BCUT2D eigenvalue weighted by atomic mass is 32.2. The molecule has 1 aromatic heterocycles. The molecular formula is C28H27N5O6S. The minimum absolute atomic E-state index is 0.0758. The summed E-state index contributed by atoms with van der Waals surface area (Å²) in [7, 11) is -2.68. The van der Waals surface area contributed by atoms with E-state index in [0.717, 1.165) is 4.31 Å². The van der Waals surface area contributed by atoms with E-state index in [1.165, 1.54) is 34.6 Å². The number of rotatable bonds is 9. The predicted octanol–water partition coefficient (Wildman–Crippen LogP) is 2.76. The second kappa shape index (κ2) is 11.8. The molecule has 0 unspecified atom stereocenters. The molecule has 11 nitrogen and oxygen atoms in total. The second-order valence-corrected chi connectivity index (χ2v) is 10.6. The Morgan fingerprint density at radius 2 is 1.57 bits per heavy atom. The lowest BCUT2D eigenvalue weighted by Gasteiger charge is -2.22. The third-order valence-electron chi connectivity index (χ3n) is 5.94. The van der Waals surface area contributed by atoms with Gasteiger partial charge in [-0.1, -0.05) is 36.4 Å². The molecule has 0 radical (unpaired) electrons. The first-order valence-corrected chi connectivity index (χ1v) is 13.6.